The van der Waals surface area contributed by atoms with Crippen LogP contribution in [0.4, 0.5) is 0 Å². The molecule has 2 heterocycles. The largest absolute Gasteiger partial charge is 0.419 e. The van der Waals surface area contributed by atoms with Crippen molar-refractivity contribution in [2.75, 3.05) is 13.2 Å². The van der Waals surface area contributed by atoms with Crippen molar-refractivity contribution in [2.24, 2.45) is 5.41 Å². The van der Waals surface area contributed by atoms with Gasteiger partial charge in [0.15, 0.2) is 5.05 Å². The van der Waals surface area contributed by atoms with E-state index in [1.54, 1.807) is 11.8 Å². The molecule has 0 N–H and O–H groups in total. The Morgan fingerprint density at radius 1 is 1.04 bits per heavy atom. The van der Waals surface area contributed by atoms with Gasteiger partial charge in [0, 0.05) is 24.4 Å². The third-order valence-electron chi connectivity index (χ3n) is 5.04. The van der Waals surface area contributed by atoms with Crippen molar-refractivity contribution in [1.82, 2.24) is 0 Å². The number of ether oxygens (including phenoxy) is 3. The maximum Gasteiger partial charge on any atom is 0.313 e. The second-order valence-electron chi connectivity index (χ2n) is 8.72. The van der Waals surface area contributed by atoms with E-state index in [1.807, 2.05) is 0 Å². The van der Waals surface area contributed by atoms with Crippen molar-refractivity contribution in [2.45, 2.75) is 95.3 Å². The van der Waals surface area contributed by atoms with Crippen molar-refractivity contribution in [3.05, 3.63) is 0 Å². The van der Waals surface area contributed by atoms with Gasteiger partial charge < -0.3 is 14.2 Å². The fraction of sp³-hybridized carbons (Fsp3) is 0.900. The van der Waals surface area contributed by atoms with Crippen LogP contribution in [0.1, 0.15) is 79.1 Å². The van der Waals surface area contributed by atoms with E-state index < -0.39 is 0 Å². The van der Waals surface area contributed by atoms with Crippen molar-refractivity contribution < 1.29 is 19.0 Å². The Labute approximate surface area is 168 Å². The van der Waals surface area contributed by atoms with Gasteiger partial charge in [0.25, 0.3) is 0 Å². The molecule has 26 heavy (non-hydrogen) atoms. The second kappa shape index (κ2) is 9.85. The molecule has 0 aromatic heterocycles. The Morgan fingerprint density at radius 3 is 2.27 bits per heavy atom. The molecule has 2 saturated heterocycles. The molecule has 0 aromatic carbocycles. The Bertz CT molecular complexity index is 478. The van der Waals surface area contributed by atoms with E-state index in [1.165, 1.54) is 12.8 Å². The highest BCUT2D eigenvalue weighted by molar-refractivity contribution is 8.01. The van der Waals surface area contributed by atoms with Crippen LogP contribution in [0.5, 0.6) is 0 Å². The molecule has 2 aliphatic heterocycles. The van der Waals surface area contributed by atoms with Crippen LogP contribution in [0, 0.1) is 5.41 Å². The number of rotatable bonds is 7. The average Bonchev–Trinajstić information content (AvgIpc) is 2.54. The smallest absolute Gasteiger partial charge is 0.313 e. The van der Waals surface area contributed by atoms with Crippen LogP contribution < -0.4 is 0 Å². The molecule has 150 valence electrons. The highest BCUT2D eigenvalue weighted by atomic mass is 32.2. The minimum Gasteiger partial charge on any atom is -0.419 e. The van der Waals surface area contributed by atoms with Crippen LogP contribution in [0.3, 0.4) is 0 Å². The van der Waals surface area contributed by atoms with Crippen LogP contribution in [-0.2, 0) is 19.0 Å². The summed E-state index contributed by atoms with van der Waals surface area (Å²) in [5.41, 5.74) is 0.0683. The minimum atomic E-state index is -0.247. The van der Waals surface area contributed by atoms with Crippen LogP contribution in [0.2, 0.25) is 0 Å². The van der Waals surface area contributed by atoms with Gasteiger partial charge in [-0.25, -0.2) is 0 Å². The summed E-state index contributed by atoms with van der Waals surface area (Å²) in [5.74, 6) is -0.247. The molecule has 2 fully saturated rings. The third kappa shape index (κ3) is 7.45. The molecule has 2 atom stereocenters. The number of thioether (sulfide) groups is 1. The molecule has 0 aromatic rings. The molecule has 0 amide bonds. The number of thiocarbonyl (C=S) groups is 1. The van der Waals surface area contributed by atoms with Crippen molar-refractivity contribution >= 4 is 35.0 Å². The molecule has 2 rings (SSSR count). The zero-order valence-corrected chi connectivity index (χ0v) is 18.3. The predicted molar refractivity (Wildman–Crippen MR) is 111 cm³/mol. The molecule has 6 heteroatoms. The Kier molecular flexibility index (Phi) is 8.38. The molecule has 0 aliphatic carbocycles. The number of hydrogen-bond donors (Lipinski definition) is 0. The molecule has 2 aliphatic rings. The molecule has 0 radical (unpaired) electrons. The summed E-state index contributed by atoms with van der Waals surface area (Å²) in [4.78, 5) is 12.4. The summed E-state index contributed by atoms with van der Waals surface area (Å²) in [6, 6.07) is 0. The van der Waals surface area contributed by atoms with E-state index in [4.69, 9.17) is 26.4 Å². The maximum absolute atomic E-state index is 12.4. The van der Waals surface area contributed by atoms with E-state index in [9.17, 15) is 4.79 Å². The lowest BCUT2D eigenvalue weighted by Gasteiger charge is -2.36. The normalized spacial score (nSPS) is 24.9. The fourth-order valence-corrected chi connectivity index (χ4v) is 5.42. The van der Waals surface area contributed by atoms with E-state index in [2.05, 4.69) is 27.7 Å². The second-order valence-corrected chi connectivity index (χ2v) is 11.0. The summed E-state index contributed by atoms with van der Waals surface area (Å²) in [6.45, 7) is 10.1. The van der Waals surface area contributed by atoms with Crippen molar-refractivity contribution in [3.8, 4) is 0 Å². The summed E-state index contributed by atoms with van der Waals surface area (Å²) in [5, 5.41) is 0.379. The molecular formula is C20H34O4S2. The number of hydrogen-bond acceptors (Lipinski definition) is 6. The predicted octanol–water partition coefficient (Wildman–Crippen LogP) is 5.27. The summed E-state index contributed by atoms with van der Waals surface area (Å²) >= 11 is 7.10. The molecule has 0 saturated carbocycles. The monoisotopic (exact) mass is 402 g/mol. The van der Waals surface area contributed by atoms with Gasteiger partial charge in [-0.15, -0.1) is 11.8 Å². The first-order chi connectivity index (χ1) is 12.2. The molecule has 0 spiro atoms. The van der Waals surface area contributed by atoms with Gasteiger partial charge in [0.1, 0.15) is 5.44 Å². The fourth-order valence-electron chi connectivity index (χ4n) is 3.59. The van der Waals surface area contributed by atoms with E-state index in [0.29, 0.717) is 17.9 Å². The first kappa shape index (κ1) is 22.1. The Morgan fingerprint density at radius 2 is 1.69 bits per heavy atom. The van der Waals surface area contributed by atoms with Gasteiger partial charge >= 0.3 is 5.97 Å². The number of carbonyl (C=O) groups excluding carboxylic acids is 1. The average molecular weight is 403 g/mol. The molecule has 4 nitrogen and oxygen atoms in total. The van der Waals surface area contributed by atoms with Crippen LogP contribution in [0.15, 0.2) is 0 Å². The van der Waals surface area contributed by atoms with Gasteiger partial charge in [-0.3, -0.25) is 4.79 Å². The molecular weight excluding hydrogens is 368 g/mol. The lowest BCUT2D eigenvalue weighted by molar-refractivity contribution is -0.136. The quantitative estimate of drug-likeness (QED) is 0.427. The zero-order valence-electron chi connectivity index (χ0n) is 16.7. The maximum atomic E-state index is 12.4. The van der Waals surface area contributed by atoms with Gasteiger partial charge in [-0.1, -0.05) is 27.7 Å². The first-order valence-corrected chi connectivity index (χ1v) is 11.1. The van der Waals surface area contributed by atoms with Gasteiger partial charge in [0.2, 0.25) is 0 Å². The van der Waals surface area contributed by atoms with E-state index in [0.717, 1.165) is 38.9 Å². The first-order valence-electron chi connectivity index (χ1n) is 9.82. The van der Waals surface area contributed by atoms with Gasteiger partial charge in [0.05, 0.1) is 12.5 Å². The van der Waals surface area contributed by atoms with Crippen LogP contribution in [0.25, 0.3) is 0 Å². The highest BCUT2D eigenvalue weighted by Gasteiger charge is 2.34. The number of esters is 1. The van der Waals surface area contributed by atoms with E-state index in [-0.39, 0.29) is 27.7 Å². The summed E-state index contributed by atoms with van der Waals surface area (Å²) < 4.78 is 16.9. The van der Waals surface area contributed by atoms with Crippen LogP contribution >= 0.6 is 24.0 Å². The Balaban J connectivity index is 1.77. The van der Waals surface area contributed by atoms with Crippen molar-refractivity contribution in [3.63, 3.8) is 0 Å². The minimum absolute atomic E-state index is 0.113. The third-order valence-corrected chi connectivity index (χ3v) is 6.68. The highest BCUT2D eigenvalue weighted by Crippen LogP contribution is 2.37. The Hall–Kier alpha value is -0.170. The summed E-state index contributed by atoms with van der Waals surface area (Å²) in [7, 11) is 0. The van der Waals surface area contributed by atoms with Gasteiger partial charge in [-0.2, -0.15) is 0 Å². The van der Waals surface area contributed by atoms with E-state index >= 15 is 0 Å². The molecule has 0 bridgehead atoms. The van der Waals surface area contributed by atoms with Gasteiger partial charge in [-0.05, 0) is 56.2 Å². The SMILES string of the molecule is CC(C)(CC(=O)OC(=S)CC(C)(C)C1CCCCO1)SC1CCCCO1. The summed E-state index contributed by atoms with van der Waals surface area (Å²) in [6.07, 6.45) is 7.83. The topological polar surface area (TPSA) is 44.8 Å². The van der Waals surface area contributed by atoms with Crippen LogP contribution in [-0.4, -0.2) is 40.5 Å². The molecule has 2 unspecified atom stereocenters. The lowest BCUT2D eigenvalue weighted by Crippen LogP contribution is -2.37. The zero-order chi connectivity index (χ0) is 19.2. The van der Waals surface area contributed by atoms with Crippen molar-refractivity contribution in [1.29, 1.82) is 0 Å². The number of carbonyl (C=O) groups is 1. The lowest BCUT2D eigenvalue weighted by atomic mass is 9.80. The standard InChI is InChI=1S/C20H34O4S2/c1-19(2,15-9-5-7-11-22-15)14-17(25)24-16(21)13-20(3,4)26-18-10-6-8-12-23-18/h15,18H,5-14H2,1-4H3.